The molecule has 10 heavy (non-hydrogen) atoms. The molecule has 0 aromatic rings. The molecule has 0 radical (unpaired) electrons. The zero-order chi connectivity index (χ0) is 7.49. The maximum Gasteiger partial charge on any atom is 1.00 e. The molecule has 1 N–H and O–H groups in total. The second-order valence-electron chi connectivity index (χ2n) is 1.65. The monoisotopic (exact) mass is 173 g/mol. The van der Waals surface area contributed by atoms with E-state index in [1.807, 2.05) is 0 Å². The molecule has 0 amide bonds. The summed E-state index contributed by atoms with van der Waals surface area (Å²) in [5.74, 6) is -1.06. The first-order valence-electron chi connectivity index (χ1n) is 2.44. The molecule has 0 unspecified atom stereocenters. The van der Waals surface area contributed by atoms with Crippen LogP contribution in [-0.2, 0) is 14.8 Å². The van der Waals surface area contributed by atoms with Gasteiger partial charge in [-0.3, -0.25) is 4.79 Å². The van der Waals surface area contributed by atoms with Crippen LogP contribution in [0.25, 0.3) is 5.14 Å². The molecular formula is C4H8NNaO3S. The van der Waals surface area contributed by atoms with Crippen molar-refractivity contribution in [1.29, 1.82) is 0 Å². The first-order valence-corrected chi connectivity index (χ1v) is 4.10. The van der Waals surface area contributed by atoms with Gasteiger partial charge in [0.05, 0.1) is 15.8 Å². The Morgan fingerprint density at radius 1 is 1.50 bits per heavy atom. The predicted molar refractivity (Wildman–Crippen MR) is 33.4 cm³/mol. The van der Waals surface area contributed by atoms with Crippen molar-refractivity contribution in [2.45, 2.75) is 13.3 Å². The van der Waals surface area contributed by atoms with E-state index >= 15 is 0 Å². The summed E-state index contributed by atoms with van der Waals surface area (Å²) in [6.07, 6.45) is 0.179. The van der Waals surface area contributed by atoms with Gasteiger partial charge in [0.2, 0.25) is 0 Å². The number of Topliss-reactive ketones (excluding diaryl/α,β-unsaturated/α-hetero) is 1. The van der Waals surface area contributed by atoms with E-state index in [9.17, 15) is 13.2 Å². The topological polar surface area (TPSA) is 75.0 Å². The van der Waals surface area contributed by atoms with Crippen LogP contribution in [0.1, 0.15) is 13.3 Å². The third-order valence-electron chi connectivity index (χ3n) is 0.745. The van der Waals surface area contributed by atoms with Crippen LogP contribution >= 0.6 is 0 Å². The minimum atomic E-state index is -3.83. The van der Waals surface area contributed by atoms with E-state index in [2.05, 4.69) is 0 Å². The van der Waals surface area contributed by atoms with Crippen molar-refractivity contribution in [3.8, 4) is 0 Å². The van der Waals surface area contributed by atoms with E-state index in [1.54, 1.807) is 6.92 Å². The average molecular weight is 173 g/mol. The Morgan fingerprint density at radius 3 is 2.00 bits per heavy atom. The molecule has 4 nitrogen and oxygen atoms in total. The Morgan fingerprint density at radius 2 is 1.90 bits per heavy atom. The van der Waals surface area contributed by atoms with Crippen LogP contribution in [-0.4, -0.2) is 20.0 Å². The van der Waals surface area contributed by atoms with E-state index in [4.69, 9.17) is 5.14 Å². The summed E-state index contributed by atoms with van der Waals surface area (Å²) in [4.78, 5) is 10.3. The van der Waals surface area contributed by atoms with E-state index in [0.717, 1.165) is 0 Å². The largest absolute Gasteiger partial charge is 1.00 e. The Bertz CT molecular complexity index is 199. The zero-order valence-electron chi connectivity index (χ0n) is 6.05. The molecule has 0 bridgehead atoms. The van der Waals surface area contributed by atoms with Crippen molar-refractivity contribution < 1.29 is 42.8 Å². The molecule has 0 aliphatic rings. The number of carbonyl (C=O) groups excluding carboxylic acids is 1. The van der Waals surface area contributed by atoms with Crippen molar-refractivity contribution in [2.75, 3.05) is 5.75 Å². The number of hydrogen-bond donors (Lipinski definition) is 0. The maximum atomic E-state index is 10.3. The molecule has 0 atom stereocenters. The fraction of sp³-hybridized carbons (Fsp3) is 0.750. The van der Waals surface area contributed by atoms with Gasteiger partial charge in [-0.1, -0.05) is 6.92 Å². The summed E-state index contributed by atoms with van der Waals surface area (Å²) >= 11 is 0. The van der Waals surface area contributed by atoms with Crippen LogP contribution in [0.3, 0.4) is 0 Å². The smallest absolute Gasteiger partial charge is 0.564 e. The van der Waals surface area contributed by atoms with Gasteiger partial charge >= 0.3 is 29.6 Å². The molecular weight excluding hydrogens is 165 g/mol. The minimum Gasteiger partial charge on any atom is -0.564 e. The van der Waals surface area contributed by atoms with Crippen LogP contribution in [0, 0.1) is 0 Å². The first-order chi connectivity index (χ1) is 3.95. The van der Waals surface area contributed by atoms with E-state index in [0.29, 0.717) is 0 Å². The third-order valence-corrected chi connectivity index (χ3v) is 1.45. The molecule has 0 aromatic heterocycles. The fourth-order valence-electron chi connectivity index (χ4n) is 0.314. The Hall–Kier alpha value is 0.580. The summed E-state index contributed by atoms with van der Waals surface area (Å²) in [6, 6.07) is 0. The molecule has 54 valence electrons. The van der Waals surface area contributed by atoms with Gasteiger partial charge in [0, 0.05) is 6.42 Å². The molecule has 0 heterocycles. The molecule has 0 rings (SSSR count). The molecule has 0 spiro atoms. The van der Waals surface area contributed by atoms with Gasteiger partial charge in [-0.2, -0.15) is 0 Å². The molecule has 0 aliphatic heterocycles. The Labute approximate surface area is 82.5 Å². The summed E-state index contributed by atoms with van der Waals surface area (Å²) in [6.45, 7) is 1.56. The van der Waals surface area contributed by atoms with Crippen LogP contribution in [0.15, 0.2) is 0 Å². The van der Waals surface area contributed by atoms with Crippen LogP contribution in [0.5, 0.6) is 0 Å². The van der Waals surface area contributed by atoms with Crippen molar-refractivity contribution in [3.05, 3.63) is 5.14 Å². The van der Waals surface area contributed by atoms with Crippen molar-refractivity contribution in [2.24, 2.45) is 0 Å². The van der Waals surface area contributed by atoms with E-state index in [-0.39, 0.29) is 36.0 Å². The number of sulfonamides is 1. The van der Waals surface area contributed by atoms with Crippen LogP contribution in [0.2, 0.25) is 0 Å². The van der Waals surface area contributed by atoms with E-state index < -0.39 is 21.6 Å². The van der Waals surface area contributed by atoms with Crippen molar-refractivity contribution >= 4 is 15.8 Å². The van der Waals surface area contributed by atoms with Gasteiger partial charge < -0.3 is 5.14 Å². The average Bonchev–Trinajstić information content (AvgIpc) is 1.62. The maximum absolute atomic E-state index is 10.3. The molecule has 0 saturated carbocycles. The Kier molecular flexibility index (Phi) is 6.94. The minimum absolute atomic E-state index is 0. The number of ketones is 1. The molecule has 6 heteroatoms. The van der Waals surface area contributed by atoms with Gasteiger partial charge in [-0.15, -0.1) is 0 Å². The van der Waals surface area contributed by atoms with Gasteiger partial charge in [0.1, 0.15) is 5.78 Å². The normalized spacial score (nSPS) is 10.2. The van der Waals surface area contributed by atoms with Gasteiger partial charge in [0.25, 0.3) is 0 Å². The van der Waals surface area contributed by atoms with Gasteiger partial charge in [0.15, 0.2) is 0 Å². The standard InChI is InChI=1S/C4H8NO3S.Na/c1-2-4(6)3-9(5,7)8;/h2-3H2,1H3,(H-,5,7,8);/q-1;+1. The summed E-state index contributed by atoms with van der Waals surface area (Å²) in [5.41, 5.74) is 0. The van der Waals surface area contributed by atoms with Crippen LogP contribution in [0.4, 0.5) is 0 Å². The molecule has 0 aliphatic carbocycles. The Balaban J connectivity index is 0. The number of nitrogens with one attached hydrogen (secondary N) is 1. The van der Waals surface area contributed by atoms with Gasteiger partial charge in [-0.25, -0.2) is 8.42 Å². The third kappa shape index (κ3) is 8.58. The number of hydrogen-bond acceptors (Lipinski definition) is 3. The van der Waals surface area contributed by atoms with Crippen molar-refractivity contribution in [3.63, 3.8) is 0 Å². The van der Waals surface area contributed by atoms with Crippen LogP contribution < -0.4 is 29.6 Å². The summed E-state index contributed by atoms with van der Waals surface area (Å²) in [5, 5.41) is 6.32. The number of carbonyl (C=O) groups is 1. The van der Waals surface area contributed by atoms with Gasteiger partial charge in [-0.05, 0) is 0 Å². The molecule has 0 saturated heterocycles. The zero-order valence-corrected chi connectivity index (χ0v) is 8.86. The molecule has 0 fully saturated rings. The quantitative estimate of drug-likeness (QED) is 0.437. The summed E-state index contributed by atoms with van der Waals surface area (Å²) in [7, 11) is -3.83. The second kappa shape index (κ2) is 5.26. The second-order valence-corrected chi connectivity index (χ2v) is 3.17. The van der Waals surface area contributed by atoms with E-state index in [1.165, 1.54) is 0 Å². The number of rotatable bonds is 3. The predicted octanol–water partition coefficient (Wildman–Crippen LogP) is -2.65. The SMILES string of the molecule is CCC(=O)CS([NH-])(=O)=O.[Na+]. The summed E-state index contributed by atoms with van der Waals surface area (Å²) < 4.78 is 20.1. The fourth-order valence-corrected chi connectivity index (χ4v) is 0.942. The molecule has 0 aromatic carbocycles. The first kappa shape index (κ1) is 13.2. The van der Waals surface area contributed by atoms with Crippen molar-refractivity contribution in [1.82, 2.24) is 0 Å².